The van der Waals surface area contributed by atoms with Crippen LogP contribution >= 0.6 is 0 Å². The zero-order valence-corrected chi connectivity index (χ0v) is 32.5. The highest BCUT2D eigenvalue weighted by molar-refractivity contribution is 7.87. The molecule has 1 saturated carbocycles. The molecule has 0 bridgehead atoms. The van der Waals surface area contributed by atoms with E-state index in [-0.39, 0.29) is 32.5 Å². The molecule has 4 amide bonds. The van der Waals surface area contributed by atoms with Gasteiger partial charge >= 0.3 is 16.3 Å². The molecule has 2 aliphatic heterocycles. The van der Waals surface area contributed by atoms with Crippen LogP contribution in [-0.4, -0.2) is 104 Å². The second-order valence-electron chi connectivity index (χ2n) is 15.2. The van der Waals surface area contributed by atoms with E-state index in [1.165, 1.54) is 22.4 Å². The Morgan fingerprint density at radius 3 is 2.36 bits per heavy atom. The summed E-state index contributed by atoms with van der Waals surface area (Å²) in [6.45, 7) is 9.62. The number of fused-ring (bicyclic) bond motifs is 1. The van der Waals surface area contributed by atoms with Crippen LogP contribution in [0.3, 0.4) is 0 Å². The van der Waals surface area contributed by atoms with Crippen molar-refractivity contribution in [1.82, 2.24) is 29.5 Å². The number of likely N-dealkylation sites (tertiary alicyclic amines) is 1. The zero-order chi connectivity index (χ0) is 39.7. The first kappa shape index (κ1) is 39.5. The lowest BCUT2D eigenvalue weighted by atomic mass is 9.85. The number of amides is 4. The van der Waals surface area contributed by atoms with E-state index in [1.54, 1.807) is 46.1 Å². The van der Waals surface area contributed by atoms with Gasteiger partial charge in [0.2, 0.25) is 11.8 Å². The Hall–Kier alpha value is -5.22. The number of carbonyl (C=O) groups is 4. The number of ether oxygens (including phenoxy) is 3. The summed E-state index contributed by atoms with van der Waals surface area (Å²) in [5.41, 5.74) is -0.334. The molecule has 3 N–H and O–H groups in total. The quantitative estimate of drug-likeness (QED) is 0.230. The van der Waals surface area contributed by atoms with Crippen LogP contribution < -0.4 is 24.8 Å². The molecule has 55 heavy (non-hydrogen) atoms. The first-order valence-corrected chi connectivity index (χ1v) is 19.7. The van der Waals surface area contributed by atoms with Crippen LogP contribution in [-0.2, 0) is 29.3 Å². The van der Waals surface area contributed by atoms with Gasteiger partial charge in [-0.1, -0.05) is 57.2 Å². The van der Waals surface area contributed by atoms with Crippen LogP contribution in [0.25, 0.3) is 22.2 Å². The van der Waals surface area contributed by atoms with E-state index in [0.29, 0.717) is 40.9 Å². The van der Waals surface area contributed by atoms with Crippen LogP contribution in [0.5, 0.6) is 11.5 Å². The molecule has 294 valence electrons. The third-order valence-corrected chi connectivity index (χ3v) is 11.9. The minimum absolute atomic E-state index is 0.00975. The van der Waals surface area contributed by atoms with Crippen molar-refractivity contribution in [1.29, 1.82) is 0 Å². The molecule has 5 atom stereocenters. The fourth-order valence-corrected chi connectivity index (χ4v) is 8.53. The molecule has 2 saturated heterocycles. The summed E-state index contributed by atoms with van der Waals surface area (Å²) in [4.78, 5) is 61.2. The van der Waals surface area contributed by atoms with Crippen molar-refractivity contribution in [3.63, 3.8) is 0 Å². The molecule has 3 aliphatic rings. The highest BCUT2D eigenvalue weighted by Crippen LogP contribution is 2.45. The summed E-state index contributed by atoms with van der Waals surface area (Å²) in [5, 5.41) is 6.10. The van der Waals surface area contributed by atoms with E-state index in [9.17, 15) is 27.6 Å². The predicted molar refractivity (Wildman–Crippen MR) is 204 cm³/mol. The number of hydrogen-bond acceptors (Lipinski definition) is 10. The topological polar surface area (TPSA) is 186 Å². The van der Waals surface area contributed by atoms with E-state index < -0.39 is 69.1 Å². The fraction of sp³-hybridized carbons (Fsp3) is 0.462. The lowest BCUT2D eigenvalue weighted by molar-refractivity contribution is -0.142. The van der Waals surface area contributed by atoms with Gasteiger partial charge in [-0.05, 0) is 36.8 Å². The van der Waals surface area contributed by atoms with Crippen molar-refractivity contribution in [2.24, 2.45) is 11.3 Å². The van der Waals surface area contributed by atoms with Crippen molar-refractivity contribution >= 4 is 44.9 Å². The molecule has 1 aromatic heterocycles. The van der Waals surface area contributed by atoms with E-state index in [4.69, 9.17) is 19.2 Å². The molecular weight excluding hydrogens is 729 g/mol. The molecule has 3 heterocycles. The molecule has 2 aromatic carbocycles. The smallest absolute Gasteiger partial charge is 0.407 e. The van der Waals surface area contributed by atoms with E-state index >= 15 is 0 Å². The Labute approximate surface area is 320 Å². The van der Waals surface area contributed by atoms with Crippen molar-refractivity contribution in [3.8, 4) is 22.8 Å². The molecule has 0 spiro atoms. The number of hydrogen-bond donors (Lipinski definition) is 3. The van der Waals surface area contributed by atoms with Crippen LogP contribution in [0.1, 0.15) is 46.5 Å². The predicted octanol–water partition coefficient (Wildman–Crippen LogP) is 3.55. The van der Waals surface area contributed by atoms with Gasteiger partial charge in [0.1, 0.15) is 35.2 Å². The lowest BCUT2D eigenvalue weighted by Crippen LogP contribution is -2.60. The number of methoxy groups -OCH3 is 2. The van der Waals surface area contributed by atoms with E-state index in [1.807, 2.05) is 36.4 Å². The van der Waals surface area contributed by atoms with Crippen LogP contribution in [0.15, 0.2) is 67.3 Å². The Bertz CT molecular complexity index is 2080. The summed E-state index contributed by atoms with van der Waals surface area (Å²) < 4.78 is 46.4. The van der Waals surface area contributed by atoms with Crippen molar-refractivity contribution < 1.29 is 41.8 Å². The molecule has 0 radical (unpaired) electrons. The van der Waals surface area contributed by atoms with Gasteiger partial charge in [0, 0.05) is 48.5 Å². The van der Waals surface area contributed by atoms with Crippen molar-refractivity contribution in [3.05, 3.63) is 67.3 Å². The molecule has 1 aliphatic carbocycles. The average Bonchev–Trinajstić information content (AvgIpc) is 3.46. The molecule has 16 heteroatoms. The molecule has 3 aromatic rings. The monoisotopic (exact) mass is 776 g/mol. The standard InChI is InChI=1S/C39H48N6O9S/c1-7-25-22-39(25,36(48)43-55(50,51)44-17-11-12-18-44)42-34(46)31-20-27(23-45(31)35(47)33(38(2,3)4)41-37(49)53-6)54-32-21-29(24-13-9-8-10-14-24)40-30-19-26(52-5)15-16-28(30)32/h7-10,13-16,19,21,25,27,31,33H,1,11-12,17-18,20,22-23H2,2-6H3,(H,41,49)(H,42,46)(H,43,48)/t25?,27-,31+,33-,39-/m1/s1. The van der Waals surface area contributed by atoms with Gasteiger partial charge < -0.3 is 29.7 Å². The van der Waals surface area contributed by atoms with Gasteiger partial charge in [-0.25, -0.2) is 14.5 Å². The lowest BCUT2D eigenvalue weighted by Gasteiger charge is -2.35. The second kappa shape index (κ2) is 15.5. The Kier molecular flexibility index (Phi) is 11.1. The first-order chi connectivity index (χ1) is 26.1. The number of carbonyl (C=O) groups excluding carboxylic acids is 4. The summed E-state index contributed by atoms with van der Waals surface area (Å²) in [5.74, 6) is -1.62. The molecule has 1 unspecified atom stereocenters. The minimum atomic E-state index is -4.15. The summed E-state index contributed by atoms with van der Waals surface area (Å²) >= 11 is 0. The molecule has 6 rings (SSSR count). The number of aromatic nitrogens is 1. The highest BCUT2D eigenvalue weighted by atomic mass is 32.2. The number of nitrogens with zero attached hydrogens (tertiary/aromatic N) is 3. The van der Waals surface area contributed by atoms with E-state index in [0.717, 1.165) is 5.56 Å². The van der Waals surface area contributed by atoms with Crippen LogP contribution in [0, 0.1) is 11.3 Å². The Balaban J connectivity index is 1.33. The molecule has 15 nitrogen and oxygen atoms in total. The van der Waals surface area contributed by atoms with Gasteiger partial charge in [0.15, 0.2) is 0 Å². The average molecular weight is 777 g/mol. The Morgan fingerprint density at radius 1 is 1.04 bits per heavy atom. The maximum atomic E-state index is 14.5. The molecular formula is C39H48N6O9S. The molecule has 3 fully saturated rings. The second-order valence-corrected chi connectivity index (χ2v) is 16.9. The van der Waals surface area contributed by atoms with Gasteiger partial charge in [-0.15, -0.1) is 6.58 Å². The minimum Gasteiger partial charge on any atom is -0.497 e. The number of rotatable bonds is 12. The SMILES string of the molecule is C=CC1C[C@]1(NC(=O)[C@@H]1C[C@@H](Oc2cc(-c3ccccc3)nc3cc(OC)ccc23)CN1C(=O)[C@@H](NC(=O)OC)C(C)(C)C)C(=O)NS(=O)(=O)N1CCCC1. The fourth-order valence-electron chi connectivity index (χ4n) is 7.24. The number of benzene rings is 2. The van der Waals surface area contributed by atoms with Crippen molar-refractivity contribution in [2.45, 2.75) is 70.2 Å². The van der Waals surface area contributed by atoms with Crippen molar-refractivity contribution in [2.75, 3.05) is 33.9 Å². The summed E-state index contributed by atoms with van der Waals surface area (Å²) in [6.07, 6.45) is 1.43. The number of nitrogens with one attached hydrogen (secondary N) is 3. The third-order valence-electron chi connectivity index (χ3n) is 10.4. The van der Waals surface area contributed by atoms with Crippen LogP contribution in [0.2, 0.25) is 0 Å². The number of alkyl carbamates (subject to hydrolysis) is 1. The van der Waals surface area contributed by atoms with Gasteiger partial charge in [0.25, 0.3) is 5.91 Å². The number of pyridine rings is 1. The van der Waals surface area contributed by atoms with E-state index in [2.05, 4.69) is 21.9 Å². The van der Waals surface area contributed by atoms with Gasteiger partial charge in [-0.3, -0.25) is 14.4 Å². The third kappa shape index (κ3) is 8.25. The maximum Gasteiger partial charge on any atom is 0.407 e. The van der Waals surface area contributed by atoms with Crippen LogP contribution in [0.4, 0.5) is 4.79 Å². The largest absolute Gasteiger partial charge is 0.497 e. The zero-order valence-electron chi connectivity index (χ0n) is 31.7. The first-order valence-electron chi connectivity index (χ1n) is 18.2. The van der Waals surface area contributed by atoms with Gasteiger partial charge in [0.05, 0.1) is 32.0 Å². The summed E-state index contributed by atoms with van der Waals surface area (Å²) in [6, 6.07) is 14.5. The Morgan fingerprint density at radius 2 is 1.75 bits per heavy atom. The normalized spacial score (nSPS) is 23.1. The highest BCUT2D eigenvalue weighted by Gasteiger charge is 2.62. The summed E-state index contributed by atoms with van der Waals surface area (Å²) in [7, 11) is -1.39. The van der Waals surface area contributed by atoms with Gasteiger partial charge in [-0.2, -0.15) is 12.7 Å². The maximum absolute atomic E-state index is 14.5.